The number of hydrogen-bond donors (Lipinski definition) is 1. The van der Waals surface area contributed by atoms with Crippen molar-refractivity contribution < 1.29 is 13.9 Å². The first kappa shape index (κ1) is 21.4. The van der Waals surface area contributed by atoms with Crippen LogP contribution in [0.5, 0.6) is 5.75 Å². The molecule has 0 aliphatic carbocycles. The Morgan fingerprint density at radius 3 is 2.59 bits per heavy atom. The normalized spacial score (nSPS) is 11.0. The van der Waals surface area contributed by atoms with Gasteiger partial charge >= 0.3 is 0 Å². The quantitative estimate of drug-likeness (QED) is 0.372. The van der Waals surface area contributed by atoms with Crippen LogP contribution in [0.2, 0.25) is 0 Å². The van der Waals surface area contributed by atoms with Crippen molar-refractivity contribution >= 4 is 11.6 Å². The SMILES string of the molecule is CC(C)c1ccc(OCc2ccc(C(=O)Nc3cnn(CCc4ccccc4)c3)o2)cc1. The summed E-state index contributed by atoms with van der Waals surface area (Å²) in [5, 5.41) is 7.14. The van der Waals surface area contributed by atoms with Gasteiger partial charge in [0.05, 0.1) is 11.9 Å². The molecule has 0 radical (unpaired) electrons. The molecule has 0 bridgehead atoms. The van der Waals surface area contributed by atoms with Crippen LogP contribution in [-0.2, 0) is 19.6 Å². The molecule has 0 atom stereocenters. The number of aromatic nitrogens is 2. The van der Waals surface area contributed by atoms with E-state index in [4.69, 9.17) is 9.15 Å². The van der Waals surface area contributed by atoms with Gasteiger partial charge in [0.15, 0.2) is 5.76 Å². The highest BCUT2D eigenvalue weighted by molar-refractivity contribution is 6.02. The molecule has 4 aromatic rings. The van der Waals surface area contributed by atoms with Crippen molar-refractivity contribution in [2.45, 2.75) is 39.3 Å². The van der Waals surface area contributed by atoms with E-state index in [9.17, 15) is 4.79 Å². The number of carbonyl (C=O) groups excluding carboxylic acids is 1. The van der Waals surface area contributed by atoms with Gasteiger partial charge in [-0.3, -0.25) is 9.48 Å². The second-order valence-corrected chi connectivity index (χ2v) is 7.96. The van der Waals surface area contributed by atoms with Gasteiger partial charge in [0.2, 0.25) is 0 Å². The summed E-state index contributed by atoms with van der Waals surface area (Å²) in [6.45, 7) is 5.30. The molecule has 0 fully saturated rings. The lowest BCUT2D eigenvalue weighted by molar-refractivity contribution is 0.0992. The maximum atomic E-state index is 12.5. The van der Waals surface area contributed by atoms with E-state index in [1.165, 1.54) is 11.1 Å². The number of anilines is 1. The number of amides is 1. The standard InChI is InChI=1S/C26H27N3O3/c1-19(2)21-8-10-23(11-9-21)31-18-24-12-13-25(32-24)26(30)28-22-16-27-29(17-22)15-14-20-6-4-3-5-7-20/h3-13,16-17,19H,14-15,18H2,1-2H3,(H,28,30). The predicted octanol–water partition coefficient (Wildman–Crippen LogP) is 5.67. The Hall–Kier alpha value is -3.80. The molecule has 2 aromatic heterocycles. The lowest BCUT2D eigenvalue weighted by Crippen LogP contribution is -2.10. The zero-order chi connectivity index (χ0) is 22.3. The largest absolute Gasteiger partial charge is 0.486 e. The molecular weight excluding hydrogens is 402 g/mol. The number of hydrogen-bond acceptors (Lipinski definition) is 4. The smallest absolute Gasteiger partial charge is 0.291 e. The number of aryl methyl sites for hydroxylation is 2. The van der Waals surface area contributed by atoms with E-state index in [2.05, 4.69) is 48.5 Å². The fourth-order valence-electron chi connectivity index (χ4n) is 3.31. The second-order valence-electron chi connectivity index (χ2n) is 7.96. The molecule has 6 heteroatoms. The van der Waals surface area contributed by atoms with Crippen molar-refractivity contribution in [2.75, 3.05) is 5.32 Å². The van der Waals surface area contributed by atoms with Crippen molar-refractivity contribution in [2.24, 2.45) is 0 Å². The van der Waals surface area contributed by atoms with Gasteiger partial charge in [0.25, 0.3) is 5.91 Å². The van der Waals surface area contributed by atoms with E-state index in [-0.39, 0.29) is 18.3 Å². The Morgan fingerprint density at radius 1 is 1.06 bits per heavy atom. The predicted molar refractivity (Wildman–Crippen MR) is 124 cm³/mol. The lowest BCUT2D eigenvalue weighted by atomic mass is 10.0. The summed E-state index contributed by atoms with van der Waals surface area (Å²) >= 11 is 0. The van der Waals surface area contributed by atoms with Crippen LogP contribution in [0.4, 0.5) is 5.69 Å². The maximum absolute atomic E-state index is 12.5. The van der Waals surface area contributed by atoms with Crippen LogP contribution in [0, 0.1) is 0 Å². The number of benzene rings is 2. The molecule has 0 unspecified atom stereocenters. The number of carbonyl (C=O) groups is 1. The summed E-state index contributed by atoms with van der Waals surface area (Å²) in [6, 6.07) is 21.6. The van der Waals surface area contributed by atoms with E-state index in [1.807, 2.05) is 41.2 Å². The van der Waals surface area contributed by atoms with Gasteiger partial charge in [0, 0.05) is 12.7 Å². The van der Waals surface area contributed by atoms with E-state index < -0.39 is 0 Å². The number of nitrogens with one attached hydrogen (secondary N) is 1. The third-order valence-corrected chi connectivity index (χ3v) is 5.18. The van der Waals surface area contributed by atoms with Crippen molar-refractivity contribution in [3.63, 3.8) is 0 Å². The Morgan fingerprint density at radius 2 is 1.84 bits per heavy atom. The van der Waals surface area contributed by atoms with Crippen LogP contribution in [0.1, 0.15) is 47.2 Å². The molecule has 164 valence electrons. The Bertz CT molecular complexity index is 1140. The highest BCUT2D eigenvalue weighted by atomic mass is 16.5. The number of ether oxygens (including phenoxy) is 1. The average Bonchev–Trinajstić information content (AvgIpc) is 3.47. The summed E-state index contributed by atoms with van der Waals surface area (Å²) in [4.78, 5) is 12.5. The highest BCUT2D eigenvalue weighted by Crippen LogP contribution is 2.20. The van der Waals surface area contributed by atoms with Crippen LogP contribution in [0.25, 0.3) is 0 Å². The van der Waals surface area contributed by atoms with E-state index >= 15 is 0 Å². The fraction of sp³-hybridized carbons (Fsp3) is 0.231. The molecule has 6 nitrogen and oxygen atoms in total. The first-order valence-electron chi connectivity index (χ1n) is 10.8. The molecule has 0 saturated carbocycles. The molecule has 32 heavy (non-hydrogen) atoms. The Kier molecular flexibility index (Phi) is 6.70. The summed E-state index contributed by atoms with van der Waals surface area (Å²) in [7, 11) is 0. The van der Waals surface area contributed by atoms with Crippen molar-refractivity contribution in [1.29, 1.82) is 0 Å². The minimum absolute atomic E-state index is 0.232. The Labute approximate surface area is 187 Å². The van der Waals surface area contributed by atoms with Gasteiger partial charge in [-0.2, -0.15) is 5.10 Å². The Balaban J connectivity index is 1.27. The van der Waals surface area contributed by atoms with Gasteiger partial charge in [-0.05, 0) is 47.7 Å². The van der Waals surface area contributed by atoms with Crippen molar-refractivity contribution in [1.82, 2.24) is 9.78 Å². The summed E-state index contributed by atoms with van der Waals surface area (Å²) in [5.41, 5.74) is 3.13. The molecule has 2 aromatic carbocycles. The molecule has 0 aliphatic heterocycles. The molecule has 1 N–H and O–H groups in total. The fourth-order valence-corrected chi connectivity index (χ4v) is 3.31. The van der Waals surface area contributed by atoms with Crippen LogP contribution >= 0.6 is 0 Å². The second kappa shape index (κ2) is 10.0. The van der Waals surface area contributed by atoms with Crippen LogP contribution in [0.15, 0.2) is 83.5 Å². The van der Waals surface area contributed by atoms with E-state index in [1.54, 1.807) is 18.3 Å². The average molecular weight is 430 g/mol. The minimum Gasteiger partial charge on any atom is -0.486 e. The van der Waals surface area contributed by atoms with Crippen molar-refractivity contribution in [3.8, 4) is 5.75 Å². The molecule has 0 aliphatic rings. The van der Waals surface area contributed by atoms with Crippen molar-refractivity contribution in [3.05, 3.63) is 102 Å². The number of rotatable bonds is 9. The van der Waals surface area contributed by atoms with Crippen LogP contribution < -0.4 is 10.1 Å². The summed E-state index contributed by atoms with van der Waals surface area (Å²) in [6.07, 6.45) is 4.32. The minimum atomic E-state index is -0.319. The topological polar surface area (TPSA) is 69.3 Å². The third kappa shape index (κ3) is 5.66. The molecule has 4 rings (SSSR count). The highest BCUT2D eigenvalue weighted by Gasteiger charge is 2.13. The van der Waals surface area contributed by atoms with Gasteiger partial charge in [-0.15, -0.1) is 0 Å². The molecule has 2 heterocycles. The molecule has 1 amide bonds. The first-order chi connectivity index (χ1) is 15.6. The number of nitrogens with zero attached hydrogens (tertiary/aromatic N) is 2. The van der Waals surface area contributed by atoms with E-state index in [0.29, 0.717) is 17.4 Å². The van der Waals surface area contributed by atoms with Gasteiger partial charge < -0.3 is 14.5 Å². The van der Waals surface area contributed by atoms with Gasteiger partial charge in [-0.1, -0.05) is 56.3 Å². The van der Waals surface area contributed by atoms with Gasteiger partial charge in [-0.25, -0.2) is 0 Å². The third-order valence-electron chi connectivity index (χ3n) is 5.18. The monoisotopic (exact) mass is 429 g/mol. The maximum Gasteiger partial charge on any atom is 0.291 e. The summed E-state index contributed by atoms with van der Waals surface area (Å²) in [5.74, 6) is 1.74. The van der Waals surface area contributed by atoms with E-state index in [0.717, 1.165) is 18.7 Å². The zero-order valence-corrected chi connectivity index (χ0v) is 18.3. The van der Waals surface area contributed by atoms with Crippen LogP contribution in [-0.4, -0.2) is 15.7 Å². The lowest BCUT2D eigenvalue weighted by Gasteiger charge is -2.08. The zero-order valence-electron chi connectivity index (χ0n) is 18.3. The molecule has 0 spiro atoms. The number of furan rings is 1. The summed E-state index contributed by atoms with van der Waals surface area (Å²) < 4.78 is 13.2. The molecular formula is C26H27N3O3. The van der Waals surface area contributed by atoms with Gasteiger partial charge in [0.1, 0.15) is 18.1 Å². The molecule has 0 saturated heterocycles. The van der Waals surface area contributed by atoms with Crippen LogP contribution in [0.3, 0.4) is 0 Å². The first-order valence-corrected chi connectivity index (χ1v) is 10.8.